The van der Waals surface area contributed by atoms with Crippen LogP contribution in [0.3, 0.4) is 0 Å². The molecule has 0 saturated heterocycles. The number of thiazole rings is 1. The molecule has 1 aliphatic rings. The maximum absolute atomic E-state index is 13.7. The van der Waals surface area contributed by atoms with Crippen molar-refractivity contribution in [3.05, 3.63) is 91.5 Å². The Hall–Kier alpha value is -1.95. The third kappa shape index (κ3) is 5.00. The number of hydrogen-bond donors (Lipinski definition) is 1. The molecule has 35 heavy (non-hydrogen) atoms. The summed E-state index contributed by atoms with van der Waals surface area (Å²) < 4.78 is 3.30. The molecule has 1 aromatic heterocycles. The van der Waals surface area contributed by atoms with Gasteiger partial charge in [-0.25, -0.2) is 4.99 Å². The normalized spacial score (nSPS) is 15.7. The Labute approximate surface area is 233 Å². The van der Waals surface area contributed by atoms with Crippen LogP contribution >= 0.6 is 61.5 Å². The molecule has 4 rings (SSSR count). The van der Waals surface area contributed by atoms with Crippen LogP contribution in [0.25, 0.3) is 6.08 Å². The van der Waals surface area contributed by atoms with Gasteiger partial charge in [-0.05, 0) is 101 Å². The molecular formula is C25H22BrClIN3O3S. The van der Waals surface area contributed by atoms with Crippen molar-refractivity contribution >= 4 is 73.4 Å². The second kappa shape index (κ2) is 10.6. The van der Waals surface area contributed by atoms with Gasteiger partial charge >= 0.3 is 0 Å². The van der Waals surface area contributed by atoms with Crippen LogP contribution in [0.5, 0.6) is 5.75 Å². The summed E-state index contributed by atoms with van der Waals surface area (Å²) in [5, 5.41) is 10.6. The molecule has 1 atom stereocenters. The van der Waals surface area contributed by atoms with Gasteiger partial charge in [0.15, 0.2) is 4.80 Å². The van der Waals surface area contributed by atoms with Crippen LogP contribution < -0.4 is 14.9 Å². The smallest absolute Gasteiger partial charge is 0.271 e. The highest BCUT2D eigenvalue weighted by molar-refractivity contribution is 14.1. The molecule has 0 fully saturated rings. The molecule has 1 amide bonds. The number of phenolic OH excluding ortho intramolecular Hbond substituents is 1. The van der Waals surface area contributed by atoms with Crippen molar-refractivity contribution in [2.45, 2.75) is 26.8 Å². The van der Waals surface area contributed by atoms with Crippen LogP contribution in [0, 0.1) is 3.57 Å². The molecule has 0 aliphatic carbocycles. The lowest BCUT2D eigenvalue weighted by atomic mass is 9.94. The monoisotopic (exact) mass is 685 g/mol. The minimum absolute atomic E-state index is 0.137. The van der Waals surface area contributed by atoms with E-state index >= 15 is 0 Å². The van der Waals surface area contributed by atoms with Gasteiger partial charge in [-0.1, -0.05) is 35.1 Å². The van der Waals surface area contributed by atoms with Crippen LogP contribution in [-0.4, -0.2) is 33.6 Å². The van der Waals surface area contributed by atoms with Crippen molar-refractivity contribution in [1.82, 2.24) is 9.47 Å². The number of aromatic nitrogens is 1. The molecule has 0 spiro atoms. The van der Waals surface area contributed by atoms with E-state index in [2.05, 4.69) is 20.9 Å². The SMILES string of the molecule is CCN(CC)C(=O)C1=C(C)N=c2s/c(=C/c3cc(Br)c(O)c(I)c3)c(=O)n2[C@H]1c1ccc(Cl)cc1. The lowest BCUT2D eigenvalue weighted by Crippen LogP contribution is -2.43. The fraction of sp³-hybridized carbons (Fsp3) is 0.240. The number of carbonyl (C=O) groups excluding carboxylic acids is 1. The number of aromatic hydroxyl groups is 1. The Morgan fingerprint density at radius 1 is 1.29 bits per heavy atom. The maximum atomic E-state index is 13.7. The van der Waals surface area contributed by atoms with Gasteiger partial charge in [0.1, 0.15) is 5.75 Å². The predicted molar refractivity (Wildman–Crippen MR) is 152 cm³/mol. The number of rotatable bonds is 5. The summed E-state index contributed by atoms with van der Waals surface area (Å²) in [6, 6.07) is 10.2. The first kappa shape index (κ1) is 26.1. The van der Waals surface area contributed by atoms with E-state index in [-0.39, 0.29) is 17.2 Å². The molecule has 2 aromatic carbocycles. The minimum atomic E-state index is -0.620. The summed E-state index contributed by atoms with van der Waals surface area (Å²) in [6.45, 7) is 6.79. The first-order valence-electron chi connectivity index (χ1n) is 10.9. The zero-order chi connectivity index (χ0) is 25.4. The van der Waals surface area contributed by atoms with Crippen molar-refractivity contribution in [2.75, 3.05) is 13.1 Å². The standard InChI is InChI=1S/C25H22BrClIN3O3S/c1-4-30(5-2)24(34)20-13(3)29-25-31(21(20)15-6-8-16(27)9-7-15)23(33)19(35-25)12-14-10-17(26)22(32)18(28)11-14/h6-12,21,32H,4-5H2,1-3H3/b19-12+/t21-/m0/s1. The number of carbonyl (C=O) groups is 1. The Balaban J connectivity index is 1.96. The van der Waals surface area contributed by atoms with Gasteiger partial charge < -0.3 is 10.0 Å². The van der Waals surface area contributed by atoms with Crippen LogP contribution in [0.4, 0.5) is 0 Å². The average Bonchev–Trinajstić information content (AvgIpc) is 3.12. The van der Waals surface area contributed by atoms with Crippen LogP contribution in [0.15, 0.2) is 61.9 Å². The fourth-order valence-electron chi connectivity index (χ4n) is 4.06. The number of likely N-dealkylation sites (N-methyl/N-ethyl adjacent to an activating group) is 1. The molecule has 0 unspecified atom stereocenters. The van der Waals surface area contributed by atoms with Gasteiger partial charge in [0.2, 0.25) is 0 Å². The molecule has 1 N–H and O–H groups in total. The molecule has 1 aliphatic heterocycles. The van der Waals surface area contributed by atoms with Crippen molar-refractivity contribution in [2.24, 2.45) is 4.99 Å². The Bertz CT molecular complexity index is 1500. The number of hydrogen-bond acceptors (Lipinski definition) is 5. The molecule has 2 heterocycles. The third-order valence-corrected chi connectivity index (χ3v) is 8.49. The Kier molecular flexibility index (Phi) is 7.89. The summed E-state index contributed by atoms with van der Waals surface area (Å²) in [6.07, 6.45) is 1.78. The lowest BCUT2D eigenvalue weighted by Gasteiger charge is -2.29. The number of allylic oxidation sites excluding steroid dienone is 1. The number of fused-ring (bicyclic) bond motifs is 1. The van der Waals surface area contributed by atoms with E-state index in [1.807, 2.05) is 55.5 Å². The number of phenols is 1. The van der Waals surface area contributed by atoms with Crippen molar-refractivity contribution in [3.8, 4) is 5.75 Å². The molecule has 0 bridgehead atoms. The molecule has 182 valence electrons. The molecule has 3 aromatic rings. The van der Waals surface area contributed by atoms with Crippen LogP contribution in [-0.2, 0) is 4.79 Å². The summed E-state index contributed by atoms with van der Waals surface area (Å²) in [5.74, 6) is 0.0182. The van der Waals surface area contributed by atoms with E-state index in [0.29, 0.717) is 46.8 Å². The molecule has 0 radical (unpaired) electrons. The zero-order valence-electron chi connectivity index (χ0n) is 19.2. The van der Waals surface area contributed by atoms with E-state index in [0.717, 1.165) is 11.1 Å². The van der Waals surface area contributed by atoms with Crippen LogP contribution in [0.2, 0.25) is 5.02 Å². The summed E-state index contributed by atoms with van der Waals surface area (Å²) in [4.78, 5) is 34.3. The van der Waals surface area contributed by atoms with E-state index in [1.165, 1.54) is 11.3 Å². The summed E-state index contributed by atoms with van der Waals surface area (Å²) in [7, 11) is 0. The van der Waals surface area contributed by atoms with E-state index in [1.54, 1.807) is 39.8 Å². The second-order valence-electron chi connectivity index (χ2n) is 7.94. The number of nitrogens with zero attached hydrogens (tertiary/aromatic N) is 3. The van der Waals surface area contributed by atoms with Crippen molar-refractivity contribution < 1.29 is 9.90 Å². The largest absolute Gasteiger partial charge is 0.506 e. The number of halogens is 3. The van der Waals surface area contributed by atoms with Crippen molar-refractivity contribution in [3.63, 3.8) is 0 Å². The van der Waals surface area contributed by atoms with Gasteiger partial charge in [0, 0.05) is 18.1 Å². The first-order valence-corrected chi connectivity index (χ1v) is 14.0. The first-order chi connectivity index (χ1) is 16.7. The van der Waals surface area contributed by atoms with E-state index in [4.69, 9.17) is 11.6 Å². The van der Waals surface area contributed by atoms with Gasteiger partial charge in [-0.15, -0.1) is 0 Å². The minimum Gasteiger partial charge on any atom is -0.506 e. The Morgan fingerprint density at radius 3 is 2.54 bits per heavy atom. The van der Waals surface area contributed by atoms with Gasteiger partial charge in [-0.2, -0.15) is 0 Å². The fourth-order valence-corrected chi connectivity index (χ4v) is 6.73. The third-order valence-electron chi connectivity index (χ3n) is 5.83. The average molecular weight is 687 g/mol. The Morgan fingerprint density at radius 2 is 1.94 bits per heavy atom. The lowest BCUT2D eigenvalue weighted by molar-refractivity contribution is -0.127. The molecule has 0 saturated carbocycles. The predicted octanol–water partition coefficient (Wildman–Crippen LogP) is 4.83. The summed E-state index contributed by atoms with van der Waals surface area (Å²) in [5.41, 5.74) is 2.40. The van der Waals surface area contributed by atoms with Gasteiger partial charge in [0.05, 0.1) is 29.9 Å². The quantitative estimate of drug-likeness (QED) is 0.391. The van der Waals surface area contributed by atoms with Gasteiger partial charge in [0.25, 0.3) is 11.5 Å². The van der Waals surface area contributed by atoms with E-state index < -0.39 is 6.04 Å². The van der Waals surface area contributed by atoms with Crippen LogP contribution in [0.1, 0.15) is 37.9 Å². The number of benzene rings is 2. The molecule has 6 nitrogen and oxygen atoms in total. The van der Waals surface area contributed by atoms with Crippen molar-refractivity contribution in [1.29, 1.82) is 0 Å². The zero-order valence-corrected chi connectivity index (χ0v) is 24.5. The van der Waals surface area contributed by atoms with E-state index in [9.17, 15) is 14.7 Å². The topological polar surface area (TPSA) is 74.9 Å². The number of amides is 1. The highest BCUT2D eigenvalue weighted by Crippen LogP contribution is 2.32. The molecular weight excluding hydrogens is 665 g/mol. The highest BCUT2D eigenvalue weighted by Gasteiger charge is 2.34. The summed E-state index contributed by atoms with van der Waals surface area (Å²) >= 11 is 12.8. The van der Waals surface area contributed by atoms with Gasteiger partial charge in [-0.3, -0.25) is 14.2 Å². The maximum Gasteiger partial charge on any atom is 0.271 e. The highest BCUT2D eigenvalue weighted by atomic mass is 127. The second-order valence-corrected chi connectivity index (χ2v) is 11.4. The molecule has 10 heteroatoms.